The molecule has 1 heterocycles. The summed E-state index contributed by atoms with van der Waals surface area (Å²) in [5.41, 5.74) is 4.48. The number of carbonyl (C=O) groups excluding carboxylic acids is 3. The molecule has 30 heavy (non-hydrogen) atoms. The highest BCUT2D eigenvalue weighted by molar-refractivity contribution is 7.85. The second-order valence-electron chi connectivity index (χ2n) is 6.11. The number of hydrogen-bond acceptors (Lipinski definition) is 7. The Hall–Kier alpha value is -3.40. The van der Waals surface area contributed by atoms with Gasteiger partial charge in [0.05, 0.1) is 21.3 Å². The number of benzene rings is 2. The SMILES string of the molecule is CC[S@](=O)c1ccccc1C(=O)OCC(=O)NNC(=O)[C@@H]1COc2ccccc2O1. The number of carbonyl (C=O) groups is 3. The maximum atomic E-state index is 12.2. The van der Waals surface area contributed by atoms with E-state index in [1.807, 2.05) is 0 Å². The molecule has 2 amide bonds. The maximum absolute atomic E-state index is 12.2. The second kappa shape index (κ2) is 9.88. The van der Waals surface area contributed by atoms with Crippen molar-refractivity contribution in [2.45, 2.75) is 17.9 Å². The van der Waals surface area contributed by atoms with Crippen molar-refractivity contribution in [3.05, 3.63) is 54.1 Å². The highest BCUT2D eigenvalue weighted by atomic mass is 32.2. The molecule has 0 spiro atoms. The summed E-state index contributed by atoms with van der Waals surface area (Å²) in [6.07, 6.45) is -0.946. The third-order valence-electron chi connectivity index (χ3n) is 4.07. The third kappa shape index (κ3) is 5.15. The second-order valence-corrected chi connectivity index (χ2v) is 7.82. The molecule has 158 valence electrons. The number of esters is 1. The van der Waals surface area contributed by atoms with Crippen LogP contribution in [0.4, 0.5) is 0 Å². The first kappa shape index (κ1) is 21.3. The van der Waals surface area contributed by atoms with Crippen molar-refractivity contribution in [3.8, 4) is 11.5 Å². The van der Waals surface area contributed by atoms with Gasteiger partial charge in [0.2, 0.25) is 6.10 Å². The minimum Gasteiger partial charge on any atom is -0.485 e. The van der Waals surface area contributed by atoms with Crippen LogP contribution >= 0.6 is 0 Å². The highest BCUT2D eigenvalue weighted by Gasteiger charge is 2.27. The average molecular weight is 432 g/mol. The Morgan fingerprint density at radius 1 is 1.07 bits per heavy atom. The summed E-state index contributed by atoms with van der Waals surface area (Å²) in [6.45, 7) is 1.09. The van der Waals surface area contributed by atoms with Crippen LogP contribution in [0.25, 0.3) is 0 Å². The number of nitrogens with one attached hydrogen (secondary N) is 2. The largest absolute Gasteiger partial charge is 0.485 e. The molecule has 10 heteroatoms. The van der Waals surface area contributed by atoms with Gasteiger partial charge >= 0.3 is 5.97 Å². The first-order valence-electron chi connectivity index (χ1n) is 9.11. The molecular weight excluding hydrogens is 412 g/mol. The number of amides is 2. The van der Waals surface area contributed by atoms with Gasteiger partial charge in [0, 0.05) is 5.75 Å². The first-order valence-corrected chi connectivity index (χ1v) is 10.4. The molecule has 0 aliphatic carbocycles. The summed E-state index contributed by atoms with van der Waals surface area (Å²) in [6, 6.07) is 13.2. The van der Waals surface area contributed by atoms with Gasteiger partial charge in [-0.05, 0) is 24.3 Å². The van der Waals surface area contributed by atoms with Crippen LogP contribution in [0.1, 0.15) is 17.3 Å². The average Bonchev–Trinajstić information content (AvgIpc) is 2.80. The lowest BCUT2D eigenvalue weighted by atomic mass is 10.2. The highest BCUT2D eigenvalue weighted by Crippen LogP contribution is 2.30. The van der Waals surface area contributed by atoms with Crippen LogP contribution in [-0.4, -0.2) is 47.1 Å². The molecule has 0 saturated heterocycles. The minimum atomic E-state index is -1.35. The lowest BCUT2D eigenvalue weighted by Crippen LogP contribution is -2.51. The van der Waals surface area contributed by atoms with E-state index in [0.29, 0.717) is 22.1 Å². The van der Waals surface area contributed by atoms with E-state index in [9.17, 15) is 18.6 Å². The standard InChI is InChI=1S/C20H20N2O7S/c1-2-30(26)17-10-6-3-7-13(17)20(25)28-12-18(23)21-22-19(24)16-11-27-14-8-4-5-9-15(14)29-16/h3-10,16H,2,11-12H2,1H3,(H,21,23)(H,22,24)/t16-,30-/m0/s1. The van der Waals surface area contributed by atoms with E-state index >= 15 is 0 Å². The van der Waals surface area contributed by atoms with E-state index in [4.69, 9.17) is 14.2 Å². The van der Waals surface area contributed by atoms with Crippen molar-refractivity contribution < 1.29 is 32.8 Å². The molecule has 2 aromatic carbocycles. The normalized spacial score (nSPS) is 15.6. The summed E-state index contributed by atoms with van der Waals surface area (Å²) >= 11 is 0. The summed E-state index contributed by atoms with van der Waals surface area (Å²) < 4.78 is 28.0. The molecule has 1 aliphatic heterocycles. The summed E-state index contributed by atoms with van der Waals surface area (Å²) in [7, 11) is -1.35. The zero-order chi connectivity index (χ0) is 21.5. The van der Waals surface area contributed by atoms with Crippen LogP contribution in [0.15, 0.2) is 53.4 Å². The molecule has 9 nitrogen and oxygen atoms in total. The van der Waals surface area contributed by atoms with E-state index in [1.165, 1.54) is 6.07 Å². The van der Waals surface area contributed by atoms with Crippen LogP contribution in [0.3, 0.4) is 0 Å². The van der Waals surface area contributed by atoms with Crippen molar-refractivity contribution >= 4 is 28.6 Å². The fourth-order valence-corrected chi connectivity index (χ4v) is 3.53. The van der Waals surface area contributed by atoms with Gasteiger partial charge in [-0.2, -0.15) is 0 Å². The molecule has 2 N–H and O–H groups in total. The Morgan fingerprint density at radius 2 is 1.77 bits per heavy atom. The van der Waals surface area contributed by atoms with Gasteiger partial charge in [-0.15, -0.1) is 0 Å². The molecule has 0 bridgehead atoms. The van der Waals surface area contributed by atoms with Crippen LogP contribution in [-0.2, 0) is 25.1 Å². The van der Waals surface area contributed by atoms with E-state index < -0.39 is 41.3 Å². The Morgan fingerprint density at radius 3 is 2.53 bits per heavy atom. The topological polar surface area (TPSA) is 120 Å². The predicted molar refractivity (Wildman–Crippen MR) is 106 cm³/mol. The van der Waals surface area contributed by atoms with Crippen molar-refractivity contribution in [1.29, 1.82) is 0 Å². The Labute approximate surface area is 175 Å². The smallest absolute Gasteiger partial charge is 0.339 e. The maximum Gasteiger partial charge on any atom is 0.339 e. The zero-order valence-electron chi connectivity index (χ0n) is 16.1. The van der Waals surface area contributed by atoms with Gasteiger partial charge in [-0.25, -0.2) is 4.79 Å². The number of para-hydroxylation sites is 2. The van der Waals surface area contributed by atoms with Crippen molar-refractivity contribution in [1.82, 2.24) is 10.9 Å². The van der Waals surface area contributed by atoms with Crippen LogP contribution in [0, 0.1) is 0 Å². The van der Waals surface area contributed by atoms with Gasteiger partial charge in [0.1, 0.15) is 6.61 Å². The monoisotopic (exact) mass is 432 g/mol. The Kier molecular flexibility index (Phi) is 7.02. The Bertz CT molecular complexity index is 979. The number of hydrogen-bond donors (Lipinski definition) is 2. The van der Waals surface area contributed by atoms with E-state index in [-0.39, 0.29) is 12.2 Å². The summed E-state index contributed by atoms with van der Waals surface area (Å²) in [4.78, 5) is 36.6. The van der Waals surface area contributed by atoms with Crippen molar-refractivity contribution in [2.24, 2.45) is 0 Å². The molecule has 2 aromatic rings. The van der Waals surface area contributed by atoms with Gasteiger partial charge in [0.15, 0.2) is 18.1 Å². The lowest BCUT2D eigenvalue weighted by Gasteiger charge is -2.25. The fourth-order valence-electron chi connectivity index (χ4n) is 2.59. The van der Waals surface area contributed by atoms with Crippen LogP contribution < -0.4 is 20.3 Å². The van der Waals surface area contributed by atoms with E-state index in [0.717, 1.165) is 0 Å². The van der Waals surface area contributed by atoms with E-state index in [2.05, 4.69) is 10.9 Å². The molecular formula is C20H20N2O7S. The fraction of sp³-hybridized carbons (Fsp3) is 0.250. The van der Waals surface area contributed by atoms with Gasteiger partial charge in [-0.3, -0.25) is 24.6 Å². The lowest BCUT2D eigenvalue weighted by molar-refractivity contribution is -0.135. The number of hydrazine groups is 1. The first-order chi connectivity index (χ1) is 14.5. The Balaban J connectivity index is 1.47. The van der Waals surface area contributed by atoms with Gasteiger partial charge in [-0.1, -0.05) is 31.2 Å². The number of ether oxygens (including phenoxy) is 3. The molecule has 2 atom stereocenters. The van der Waals surface area contributed by atoms with Crippen molar-refractivity contribution in [3.63, 3.8) is 0 Å². The molecule has 0 saturated carbocycles. The molecule has 0 fully saturated rings. The predicted octanol–water partition coefficient (Wildman–Crippen LogP) is 0.958. The summed E-state index contributed by atoms with van der Waals surface area (Å²) in [5.74, 6) is -0.854. The van der Waals surface area contributed by atoms with Gasteiger partial charge < -0.3 is 14.2 Å². The zero-order valence-corrected chi connectivity index (χ0v) is 16.9. The molecule has 0 unspecified atom stereocenters. The summed E-state index contributed by atoms with van der Waals surface area (Å²) in [5, 5.41) is 0. The number of rotatable bonds is 6. The molecule has 0 aromatic heterocycles. The third-order valence-corrected chi connectivity index (χ3v) is 5.45. The van der Waals surface area contributed by atoms with Crippen LogP contribution in [0.5, 0.6) is 11.5 Å². The minimum absolute atomic E-state index is 0.0148. The number of fused-ring (bicyclic) bond motifs is 1. The van der Waals surface area contributed by atoms with Crippen molar-refractivity contribution in [2.75, 3.05) is 19.0 Å². The van der Waals surface area contributed by atoms with E-state index in [1.54, 1.807) is 49.4 Å². The van der Waals surface area contributed by atoms with Gasteiger partial charge in [0.25, 0.3) is 11.8 Å². The van der Waals surface area contributed by atoms with Crippen LogP contribution in [0.2, 0.25) is 0 Å². The molecule has 3 rings (SSSR count). The molecule has 1 aliphatic rings. The quantitative estimate of drug-likeness (QED) is 0.515. The molecule has 0 radical (unpaired) electrons.